The Hall–Kier alpha value is -1.32. The zero-order chi connectivity index (χ0) is 12.0. The van der Waals surface area contributed by atoms with E-state index in [1.165, 1.54) is 0 Å². The number of hydrogen-bond donors (Lipinski definition) is 2. The van der Waals surface area contributed by atoms with Gasteiger partial charge in [0, 0.05) is 0 Å². The van der Waals surface area contributed by atoms with Crippen LogP contribution in [0.2, 0.25) is 0 Å². The average Bonchev–Trinajstić information content (AvgIpc) is 2.29. The average molecular weight is 216 g/mol. The van der Waals surface area contributed by atoms with Crippen LogP contribution in [0.5, 0.6) is 0 Å². The minimum atomic E-state index is -1.41. The standard InChI is InChI=1S/C13H17BO2/c1-3-6-11(7-4-2)12-8-5-9-13(10-12)14(15)16/h3,5-10,15-16H,4H2,1-2H3/b6-3-,11-7+. The van der Waals surface area contributed by atoms with Crippen molar-refractivity contribution < 1.29 is 10.0 Å². The Morgan fingerprint density at radius 2 is 2.12 bits per heavy atom. The first-order valence-corrected chi connectivity index (χ1v) is 5.48. The molecule has 0 unspecified atom stereocenters. The molecule has 0 spiro atoms. The fraction of sp³-hybridized carbons (Fsp3) is 0.231. The van der Waals surface area contributed by atoms with E-state index in [0.717, 1.165) is 17.6 Å². The number of hydrogen-bond acceptors (Lipinski definition) is 2. The molecule has 0 atom stereocenters. The fourth-order valence-electron chi connectivity index (χ4n) is 1.56. The first-order valence-electron chi connectivity index (χ1n) is 5.48. The van der Waals surface area contributed by atoms with Gasteiger partial charge in [0.25, 0.3) is 0 Å². The van der Waals surface area contributed by atoms with Gasteiger partial charge in [0.05, 0.1) is 0 Å². The third-order valence-corrected chi connectivity index (χ3v) is 2.29. The zero-order valence-corrected chi connectivity index (χ0v) is 9.72. The van der Waals surface area contributed by atoms with Gasteiger partial charge in [0.15, 0.2) is 0 Å². The van der Waals surface area contributed by atoms with Crippen molar-refractivity contribution in [3.63, 3.8) is 0 Å². The van der Waals surface area contributed by atoms with Crippen LogP contribution in [0.4, 0.5) is 0 Å². The highest BCUT2D eigenvalue weighted by atomic mass is 16.4. The molecule has 16 heavy (non-hydrogen) atoms. The first kappa shape index (κ1) is 12.8. The summed E-state index contributed by atoms with van der Waals surface area (Å²) in [5, 5.41) is 18.2. The molecule has 3 heteroatoms. The van der Waals surface area contributed by atoms with Gasteiger partial charge in [-0.05, 0) is 29.9 Å². The summed E-state index contributed by atoms with van der Waals surface area (Å²) in [7, 11) is -1.41. The predicted octanol–water partition coefficient (Wildman–Crippen LogP) is 1.74. The second-order valence-electron chi connectivity index (χ2n) is 3.57. The van der Waals surface area contributed by atoms with Gasteiger partial charge in [0.1, 0.15) is 0 Å². The lowest BCUT2D eigenvalue weighted by atomic mass is 9.79. The Morgan fingerprint density at radius 3 is 2.69 bits per heavy atom. The molecule has 1 aromatic rings. The van der Waals surface area contributed by atoms with E-state index in [9.17, 15) is 0 Å². The summed E-state index contributed by atoms with van der Waals surface area (Å²) in [6, 6.07) is 7.30. The van der Waals surface area contributed by atoms with E-state index in [4.69, 9.17) is 10.0 Å². The van der Waals surface area contributed by atoms with Crippen molar-refractivity contribution in [3.05, 3.63) is 48.1 Å². The predicted molar refractivity (Wildman–Crippen MR) is 69.3 cm³/mol. The van der Waals surface area contributed by atoms with Gasteiger partial charge in [-0.2, -0.15) is 0 Å². The van der Waals surface area contributed by atoms with E-state index in [1.54, 1.807) is 12.1 Å². The van der Waals surface area contributed by atoms with E-state index < -0.39 is 7.12 Å². The topological polar surface area (TPSA) is 40.5 Å². The number of allylic oxidation sites excluding steroid dienone is 4. The maximum Gasteiger partial charge on any atom is 0.488 e. The van der Waals surface area contributed by atoms with Crippen LogP contribution in [0.3, 0.4) is 0 Å². The molecule has 0 bridgehead atoms. The Kier molecular flexibility index (Phi) is 5.03. The van der Waals surface area contributed by atoms with Gasteiger partial charge < -0.3 is 10.0 Å². The van der Waals surface area contributed by atoms with Gasteiger partial charge in [-0.15, -0.1) is 0 Å². The van der Waals surface area contributed by atoms with Crippen molar-refractivity contribution >= 4 is 18.2 Å². The monoisotopic (exact) mass is 216 g/mol. The van der Waals surface area contributed by atoms with E-state index in [0.29, 0.717) is 5.46 Å². The summed E-state index contributed by atoms with van der Waals surface area (Å²) < 4.78 is 0. The zero-order valence-electron chi connectivity index (χ0n) is 9.72. The maximum atomic E-state index is 9.11. The molecular formula is C13H17BO2. The first-order chi connectivity index (χ1) is 7.69. The molecule has 2 nitrogen and oxygen atoms in total. The van der Waals surface area contributed by atoms with Crippen molar-refractivity contribution in [3.8, 4) is 0 Å². The molecule has 0 radical (unpaired) electrons. The smallest absolute Gasteiger partial charge is 0.423 e. The minimum absolute atomic E-state index is 0.518. The van der Waals surface area contributed by atoms with Gasteiger partial charge in [0.2, 0.25) is 0 Å². The molecule has 0 aliphatic carbocycles. The quantitative estimate of drug-likeness (QED) is 0.594. The molecule has 0 aliphatic heterocycles. The van der Waals surface area contributed by atoms with Crippen LogP contribution in [0.1, 0.15) is 25.8 Å². The van der Waals surface area contributed by atoms with Gasteiger partial charge in [-0.1, -0.05) is 49.4 Å². The lowest BCUT2D eigenvalue weighted by molar-refractivity contribution is 0.426. The number of rotatable bonds is 4. The Bertz CT molecular complexity index is 395. The third-order valence-electron chi connectivity index (χ3n) is 2.29. The molecule has 0 heterocycles. The Labute approximate surface area is 97.1 Å². The molecule has 1 aromatic carbocycles. The second-order valence-corrected chi connectivity index (χ2v) is 3.57. The normalized spacial score (nSPS) is 12.1. The molecule has 0 saturated heterocycles. The molecule has 2 N–H and O–H groups in total. The molecule has 1 rings (SSSR count). The highest BCUT2D eigenvalue weighted by molar-refractivity contribution is 6.58. The highest BCUT2D eigenvalue weighted by Crippen LogP contribution is 2.15. The lowest BCUT2D eigenvalue weighted by Gasteiger charge is -2.05. The van der Waals surface area contributed by atoms with Crippen molar-refractivity contribution in [2.75, 3.05) is 0 Å². The molecule has 0 fully saturated rings. The molecule has 0 saturated carbocycles. The van der Waals surface area contributed by atoms with Crippen LogP contribution in [0.25, 0.3) is 5.57 Å². The van der Waals surface area contributed by atoms with Gasteiger partial charge >= 0.3 is 7.12 Å². The lowest BCUT2D eigenvalue weighted by Crippen LogP contribution is -2.29. The van der Waals surface area contributed by atoms with Crippen LogP contribution < -0.4 is 5.46 Å². The summed E-state index contributed by atoms with van der Waals surface area (Å²) in [5.41, 5.74) is 2.63. The van der Waals surface area contributed by atoms with E-state index in [-0.39, 0.29) is 0 Å². The second kappa shape index (κ2) is 6.31. The molecule has 0 amide bonds. The van der Waals surface area contributed by atoms with Gasteiger partial charge in [-0.25, -0.2) is 0 Å². The van der Waals surface area contributed by atoms with Crippen molar-refractivity contribution in [1.29, 1.82) is 0 Å². The third kappa shape index (κ3) is 3.37. The van der Waals surface area contributed by atoms with Gasteiger partial charge in [-0.3, -0.25) is 0 Å². The molecular weight excluding hydrogens is 199 g/mol. The van der Waals surface area contributed by atoms with Crippen LogP contribution in [-0.4, -0.2) is 17.2 Å². The van der Waals surface area contributed by atoms with Crippen molar-refractivity contribution in [2.45, 2.75) is 20.3 Å². The largest absolute Gasteiger partial charge is 0.488 e. The maximum absolute atomic E-state index is 9.11. The summed E-state index contributed by atoms with van der Waals surface area (Å²) in [6.45, 7) is 4.04. The van der Waals surface area contributed by atoms with Crippen molar-refractivity contribution in [1.82, 2.24) is 0 Å². The molecule has 0 aliphatic rings. The molecule has 84 valence electrons. The minimum Gasteiger partial charge on any atom is -0.423 e. The summed E-state index contributed by atoms with van der Waals surface area (Å²) in [4.78, 5) is 0. The summed E-state index contributed by atoms with van der Waals surface area (Å²) in [6.07, 6.45) is 7.06. The van der Waals surface area contributed by atoms with Crippen LogP contribution in [-0.2, 0) is 0 Å². The van der Waals surface area contributed by atoms with Crippen molar-refractivity contribution in [2.24, 2.45) is 0 Å². The SMILES string of the molecule is C/C=C\C(=C/CC)c1cccc(B(O)O)c1. The molecule has 0 aromatic heterocycles. The van der Waals surface area contributed by atoms with E-state index in [1.807, 2.05) is 31.2 Å². The number of benzene rings is 1. The van der Waals surface area contributed by atoms with E-state index >= 15 is 0 Å². The van der Waals surface area contributed by atoms with Crippen LogP contribution in [0, 0.1) is 0 Å². The summed E-state index contributed by atoms with van der Waals surface area (Å²) in [5.74, 6) is 0. The Balaban J connectivity index is 3.10. The van der Waals surface area contributed by atoms with E-state index in [2.05, 4.69) is 13.0 Å². The van der Waals surface area contributed by atoms with Crippen LogP contribution >= 0.6 is 0 Å². The van der Waals surface area contributed by atoms with Crippen LogP contribution in [0.15, 0.2) is 42.5 Å². The highest BCUT2D eigenvalue weighted by Gasteiger charge is 2.11. The Morgan fingerprint density at radius 1 is 1.38 bits per heavy atom. The fourth-order valence-corrected chi connectivity index (χ4v) is 1.56. The summed E-state index contributed by atoms with van der Waals surface area (Å²) >= 11 is 0.